The molecule has 3 nitrogen and oxygen atoms in total. The van der Waals surface area contributed by atoms with Gasteiger partial charge in [-0.05, 0) is 24.6 Å². The van der Waals surface area contributed by atoms with E-state index in [1.165, 1.54) is 5.56 Å². The zero-order chi connectivity index (χ0) is 15.4. The van der Waals surface area contributed by atoms with Crippen LogP contribution in [0.1, 0.15) is 17.5 Å². The summed E-state index contributed by atoms with van der Waals surface area (Å²) < 4.78 is 5.93. The molecule has 3 heteroatoms. The van der Waals surface area contributed by atoms with Gasteiger partial charge in [0, 0.05) is 13.0 Å². The van der Waals surface area contributed by atoms with E-state index in [-0.39, 0.29) is 12.0 Å². The molecule has 3 rings (SSSR count). The molecule has 1 heterocycles. The Kier molecular flexibility index (Phi) is 4.42. The van der Waals surface area contributed by atoms with Crippen LogP contribution in [0.3, 0.4) is 0 Å². The van der Waals surface area contributed by atoms with Gasteiger partial charge in [0.05, 0.1) is 13.0 Å². The lowest BCUT2D eigenvalue weighted by molar-refractivity contribution is -0.129. The number of carbonyl (C=O) groups excluding carboxylic acids is 1. The third kappa shape index (κ3) is 3.67. The summed E-state index contributed by atoms with van der Waals surface area (Å²) in [6.07, 6.45) is 1.47. The Bertz CT molecular complexity index is 639. The number of nitrogens with zero attached hydrogens (tertiary/aromatic N) is 1. The molecule has 0 aromatic heterocycles. The van der Waals surface area contributed by atoms with Crippen LogP contribution in [-0.4, -0.2) is 30.0 Å². The Hall–Kier alpha value is -2.29. The lowest BCUT2D eigenvalue weighted by atomic mass is 10.1. The summed E-state index contributed by atoms with van der Waals surface area (Å²) in [5, 5.41) is 0. The van der Waals surface area contributed by atoms with Gasteiger partial charge in [-0.2, -0.15) is 0 Å². The van der Waals surface area contributed by atoms with Gasteiger partial charge in [0.2, 0.25) is 5.91 Å². The SMILES string of the molecule is Cc1cccc(CC(=O)N2CCC(Oc3ccccc3)C2)c1. The third-order valence-corrected chi connectivity index (χ3v) is 3.98. The molecule has 1 saturated heterocycles. The summed E-state index contributed by atoms with van der Waals surface area (Å²) >= 11 is 0. The van der Waals surface area contributed by atoms with E-state index in [1.807, 2.05) is 60.4 Å². The molecule has 0 bridgehead atoms. The number of amides is 1. The van der Waals surface area contributed by atoms with Crippen LogP contribution in [0.5, 0.6) is 5.75 Å². The summed E-state index contributed by atoms with van der Waals surface area (Å²) in [5.41, 5.74) is 2.27. The van der Waals surface area contributed by atoms with E-state index in [0.717, 1.165) is 24.3 Å². The summed E-state index contributed by atoms with van der Waals surface area (Å²) in [5.74, 6) is 1.06. The first-order valence-corrected chi connectivity index (χ1v) is 7.76. The minimum Gasteiger partial charge on any atom is -0.489 e. The molecule has 22 heavy (non-hydrogen) atoms. The molecule has 0 radical (unpaired) electrons. The molecule has 114 valence electrons. The fraction of sp³-hybridized carbons (Fsp3) is 0.316. The Morgan fingerprint density at radius 3 is 2.77 bits per heavy atom. The highest BCUT2D eigenvalue weighted by Gasteiger charge is 2.27. The number of hydrogen-bond donors (Lipinski definition) is 0. The van der Waals surface area contributed by atoms with Crippen LogP contribution in [0.4, 0.5) is 0 Å². The molecular weight excluding hydrogens is 274 g/mol. The quantitative estimate of drug-likeness (QED) is 0.867. The summed E-state index contributed by atoms with van der Waals surface area (Å²) in [6.45, 7) is 3.51. The number of hydrogen-bond acceptors (Lipinski definition) is 2. The largest absolute Gasteiger partial charge is 0.489 e. The first-order chi connectivity index (χ1) is 10.7. The number of likely N-dealkylation sites (tertiary alicyclic amines) is 1. The maximum atomic E-state index is 12.4. The molecule has 1 unspecified atom stereocenters. The molecule has 1 aliphatic rings. The van der Waals surface area contributed by atoms with Gasteiger partial charge in [0.15, 0.2) is 0 Å². The van der Waals surface area contributed by atoms with Crippen molar-refractivity contribution in [2.24, 2.45) is 0 Å². The number of rotatable bonds is 4. The summed E-state index contributed by atoms with van der Waals surface area (Å²) in [4.78, 5) is 14.3. The van der Waals surface area contributed by atoms with Crippen molar-refractivity contribution in [1.82, 2.24) is 4.90 Å². The zero-order valence-corrected chi connectivity index (χ0v) is 12.9. The molecular formula is C19H21NO2. The molecule has 2 aromatic carbocycles. The third-order valence-electron chi connectivity index (χ3n) is 3.98. The molecule has 1 aliphatic heterocycles. The summed E-state index contributed by atoms with van der Waals surface area (Å²) in [7, 11) is 0. The number of ether oxygens (including phenoxy) is 1. The maximum Gasteiger partial charge on any atom is 0.227 e. The predicted octanol–water partition coefficient (Wildman–Crippen LogP) is 3.22. The van der Waals surface area contributed by atoms with Gasteiger partial charge < -0.3 is 9.64 Å². The van der Waals surface area contributed by atoms with Gasteiger partial charge >= 0.3 is 0 Å². The van der Waals surface area contributed by atoms with Crippen LogP contribution in [0.2, 0.25) is 0 Å². The van der Waals surface area contributed by atoms with Crippen molar-refractivity contribution in [3.63, 3.8) is 0 Å². The van der Waals surface area contributed by atoms with Gasteiger partial charge in [0.25, 0.3) is 0 Å². The first kappa shape index (κ1) is 14.6. The van der Waals surface area contributed by atoms with Crippen LogP contribution >= 0.6 is 0 Å². The van der Waals surface area contributed by atoms with E-state index in [2.05, 4.69) is 6.07 Å². The Morgan fingerprint density at radius 1 is 1.18 bits per heavy atom. The Balaban J connectivity index is 1.55. The maximum absolute atomic E-state index is 12.4. The number of benzene rings is 2. The summed E-state index contributed by atoms with van der Waals surface area (Å²) in [6, 6.07) is 17.9. The number of para-hydroxylation sites is 1. The number of carbonyl (C=O) groups is 1. The Labute approximate surface area is 131 Å². The van der Waals surface area contributed by atoms with E-state index >= 15 is 0 Å². The smallest absolute Gasteiger partial charge is 0.227 e. The van der Waals surface area contributed by atoms with Crippen molar-refractivity contribution < 1.29 is 9.53 Å². The second-order valence-corrected chi connectivity index (χ2v) is 5.85. The fourth-order valence-corrected chi connectivity index (χ4v) is 2.85. The van der Waals surface area contributed by atoms with Crippen molar-refractivity contribution in [3.05, 3.63) is 65.7 Å². The molecule has 1 fully saturated rings. The first-order valence-electron chi connectivity index (χ1n) is 7.76. The van der Waals surface area contributed by atoms with Gasteiger partial charge in [0.1, 0.15) is 11.9 Å². The van der Waals surface area contributed by atoms with Crippen molar-refractivity contribution >= 4 is 5.91 Å². The van der Waals surface area contributed by atoms with Gasteiger partial charge in [-0.1, -0.05) is 48.0 Å². The van der Waals surface area contributed by atoms with Crippen molar-refractivity contribution in [2.45, 2.75) is 25.9 Å². The average molecular weight is 295 g/mol. The van der Waals surface area contributed by atoms with E-state index in [0.29, 0.717) is 13.0 Å². The van der Waals surface area contributed by atoms with Gasteiger partial charge in [-0.3, -0.25) is 4.79 Å². The molecule has 0 saturated carbocycles. The standard InChI is InChI=1S/C19H21NO2/c1-15-6-5-7-16(12-15)13-19(21)20-11-10-18(14-20)22-17-8-3-2-4-9-17/h2-9,12,18H,10-11,13-14H2,1H3. The lowest BCUT2D eigenvalue weighted by Gasteiger charge is -2.17. The lowest BCUT2D eigenvalue weighted by Crippen LogP contribution is -2.32. The molecule has 2 aromatic rings. The van der Waals surface area contributed by atoms with E-state index < -0.39 is 0 Å². The van der Waals surface area contributed by atoms with Gasteiger partial charge in [-0.25, -0.2) is 0 Å². The monoisotopic (exact) mass is 295 g/mol. The van der Waals surface area contributed by atoms with Gasteiger partial charge in [-0.15, -0.1) is 0 Å². The van der Waals surface area contributed by atoms with Crippen molar-refractivity contribution in [3.8, 4) is 5.75 Å². The topological polar surface area (TPSA) is 29.5 Å². The molecule has 0 spiro atoms. The van der Waals surface area contributed by atoms with Crippen LogP contribution in [0.15, 0.2) is 54.6 Å². The predicted molar refractivity (Wildman–Crippen MR) is 86.9 cm³/mol. The average Bonchev–Trinajstić information content (AvgIpc) is 2.97. The highest BCUT2D eigenvalue weighted by atomic mass is 16.5. The number of aryl methyl sites for hydroxylation is 1. The van der Waals surface area contributed by atoms with E-state index in [9.17, 15) is 4.79 Å². The highest BCUT2D eigenvalue weighted by Crippen LogP contribution is 2.19. The van der Waals surface area contributed by atoms with Crippen LogP contribution in [-0.2, 0) is 11.2 Å². The second-order valence-electron chi connectivity index (χ2n) is 5.85. The Morgan fingerprint density at radius 2 is 2.00 bits per heavy atom. The molecule has 1 amide bonds. The molecule has 1 atom stereocenters. The van der Waals surface area contributed by atoms with Crippen molar-refractivity contribution in [1.29, 1.82) is 0 Å². The molecule has 0 aliphatic carbocycles. The minimum atomic E-state index is 0.101. The molecule has 0 N–H and O–H groups in total. The fourth-order valence-electron chi connectivity index (χ4n) is 2.85. The van der Waals surface area contributed by atoms with Crippen LogP contribution < -0.4 is 4.74 Å². The van der Waals surface area contributed by atoms with E-state index in [1.54, 1.807) is 0 Å². The minimum absolute atomic E-state index is 0.101. The normalized spacial score (nSPS) is 17.5. The second kappa shape index (κ2) is 6.65. The van der Waals surface area contributed by atoms with Crippen LogP contribution in [0.25, 0.3) is 0 Å². The van der Waals surface area contributed by atoms with Crippen LogP contribution in [0, 0.1) is 6.92 Å². The highest BCUT2D eigenvalue weighted by molar-refractivity contribution is 5.79. The van der Waals surface area contributed by atoms with E-state index in [4.69, 9.17) is 4.74 Å². The van der Waals surface area contributed by atoms with Crippen molar-refractivity contribution in [2.75, 3.05) is 13.1 Å². The zero-order valence-electron chi connectivity index (χ0n) is 12.9.